The van der Waals surface area contributed by atoms with Gasteiger partial charge in [-0.1, -0.05) is 18.0 Å². The minimum absolute atomic E-state index is 0.718. The Labute approximate surface area is 89.7 Å². The predicted octanol–water partition coefficient (Wildman–Crippen LogP) is 3.26. The van der Waals surface area contributed by atoms with Crippen LogP contribution >= 0.6 is 11.6 Å². The standard InChI is InChI=1S/C11H15ClN2/c1-8-5-6-10(12)11(14-8)13-7-9-3-2-4-9/h5-6,9H,2-4,7H2,1H3,(H,13,14). The Kier molecular flexibility index (Phi) is 2.92. The summed E-state index contributed by atoms with van der Waals surface area (Å²) in [5.74, 6) is 1.66. The fraction of sp³-hybridized carbons (Fsp3) is 0.545. The van der Waals surface area contributed by atoms with Crippen LogP contribution in [0.4, 0.5) is 5.82 Å². The summed E-state index contributed by atoms with van der Waals surface area (Å²) in [5.41, 5.74) is 1.01. The van der Waals surface area contributed by atoms with Gasteiger partial charge in [0, 0.05) is 12.2 Å². The van der Waals surface area contributed by atoms with E-state index in [9.17, 15) is 0 Å². The minimum Gasteiger partial charge on any atom is -0.369 e. The van der Waals surface area contributed by atoms with Crippen molar-refractivity contribution in [1.82, 2.24) is 4.98 Å². The van der Waals surface area contributed by atoms with Crippen molar-refractivity contribution in [1.29, 1.82) is 0 Å². The van der Waals surface area contributed by atoms with Gasteiger partial charge < -0.3 is 5.32 Å². The SMILES string of the molecule is Cc1ccc(Cl)c(NCC2CCC2)n1. The van der Waals surface area contributed by atoms with Gasteiger partial charge in [0.05, 0.1) is 5.02 Å². The van der Waals surface area contributed by atoms with Gasteiger partial charge in [-0.05, 0) is 37.8 Å². The zero-order chi connectivity index (χ0) is 9.97. The van der Waals surface area contributed by atoms with Crippen molar-refractivity contribution >= 4 is 17.4 Å². The van der Waals surface area contributed by atoms with Crippen LogP contribution in [0.2, 0.25) is 5.02 Å². The van der Waals surface area contributed by atoms with Gasteiger partial charge in [0.15, 0.2) is 0 Å². The molecule has 1 N–H and O–H groups in total. The quantitative estimate of drug-likeness (QED) is 0.829. The molecule has 0 aromatic carbocycles. The van der Waals surface area contributed by atoms with Crippen molar-refractivity contribution in [3.63, 3.8) is 0 Å². The van der Waals surface area contributed by atoms with Crippen LogP contribution in [0.25, 0.3) is 0 Å². The highest BCUT2D eigenvalue weighted by Gasteiger charge is 2.17. The molecule has 0 aliphatic heterocycles. The van der Waals surface area contributed by atoms with E-state index in [0.717, 1.165) is 29.0 Å². The molecule has 2 nitrogen and oxygen atoms in total. The molecular weight excluding hydrogens is 196 g/mol. The number of aryl methyl sites for hydroxylation is 1. The minimum atomic E-state index is 0.718. The van der Waals surface area contributed by atoms with Crippen LogP contribution in [-0.4, -0.2) is 11.5 Å². The van der Waals surface area contributed by atoms with Crippen LogP contribution in [0.1, 0.15) is 25.0 Å². The molecule has 14 heavy (non-hydrogen) atoms. The molecule has 1 saturated carbocycles. The zero-order valence-electron chi connectivity index (χ0n) is 8.39. The zero-order valence-corrected chi connectivity index (χ0v) is 9.14. The van der Waals surface area contributed by atoms with Crippen LogP contribution in [0.3, 0.4) is 0 Å². The van der Waals surface area contributed by atoms with Crippen molar-refractivity contribution in [3.05, 3.63) is 22.8 Å². The number of halogens is 1. The van der Waals surface area contributed by atoms with E-state index in [1.165, 1.54) is 19.3 Å². The van der Waals surface area contributed by atoms with Gasteiger partial charge in [-0.15, -0.1) is 0 Å². The highest BCUT2D eigenvalue weighted by Crippen LogP contribution is 2.27. The van der Waals surface area contributed by atoms with Crippen molar-refractivity contribution in [2.45, 2.75) is 26.2 Å². The number of pyridine rings is 1. The summed E-state index contributed by atoms with van der Waals surface area (Å²) in [6.45, 7) is 2.99. The number of aromatic nitrogens is 1. The molecule has 1 fully saturated rings. The molecule has 76 valence electrons. The van der Waals surface area contributed by atoms with E-state index in [0.29, 0.717) is 0 Å². The molecular formula is C11H15ClN2. The number of hydrogen-bond acceptors (Lipinski definition) is 2. The van der Waals surface area contributed by atoms with E-state index in [1.807, 2.05) is 19.1 Å². The lowest BCUT2D eigenvalue weighted by atomic mass is 9.85. The molecule has 0 unspecified atom stereocenters. The average molecular weight is 211 g/mol. The maximum Gasteiger partial charge on any atom is 0.145 e. The number of nitrogens with one attached hydrogen (secondary N) is 1. The van der Waals surface area contributed by atoms with Gasteiger partial charge in [0.25, 0.3) is 0 Å². The van der Waals surface area contributed by atoms with Crippen LogP contribution in [0.5, 0.6) is 0 Å². The molecule has 0 spiro atoms. The molecule has 1 aliphatic rings. The van der Waals surface area contributed by atoms with Gasteiger partial charge in [-0.2, -0.15) is 0 Å². The fourth-order valence-corrected chi connectivity index (χ4v) is 1.77. The van der Waals surface area contributed by atoms with E-state index < -0.39 is 0 Å². The predicted molar refractivity (Wildman–Crippen MR) is 59.8 cm³/mol. The van der Waals surface area contributed by atoms with E-state index in [1.54, 1.807) is 0 Å². The molecule has 0 atom stereocenters. The third kappa shape index (κ3) is 2.18. The topological polar surface area (TPSA) is 24.9 Å². The highest BCUT2D eigenvalue weighted by molar-refractivity contribution is 6.32. The molecule has 0 amide bonds. The first kappa shape index (κ1) is 9.78. The Morgan fingerprint density at radius 2 is 2.29 bits per heavy atom. The third-order valence-electron chi connectivity index (χ3n) is 2.77. The summed E-state index contributed by atoms with van der Waals surface area (Å²) in [6, 6.07) is 3.82. The molecule has 0 bridgehead atoms. The summed E-state index contributed by atoms with van der Waals surface area (Å²) in [7, 11) is 0. The largest absolute Gasteiger partial charge is 0.369 e. The molecule has 1 aromatic heterocycles. The molecule has 0 radical (unpaired) electrons. The molecule has 3 heteroatoms. The summed E-state index contributed by atoms with van der Waals surface area (Å²) in [5, 5.41) is 4.03. The molecule has 1 aromatic rings. The summed E-state index contributed by atoms with van der Waals surface area (Å²) >= 11 is 6.02. The lowest BCUT2D eigenvalue weighted by molar-refractivity contribution is 0.333. The fourth-order valence-electron chi connectivity index (χ4n) is 1.60. The smallest absolute Gasteiger partial charge is 0.145 e. The summed E-state index contributed by atoms with van der Waals surface area (Å²) < 4.78 is 0. The summed E-state index contributed by atoms with van der Waals surface area (Å²) in [4.78, 5) is 4.36. The van der Waals surface area contributed by atoms with E-state index >= 15 is 0 Å². The number of nitrogens with zero attached hydrogens (tertiary/aromatic N) is 1. The molecule has 0 saturated heterocycles. The highest BCUT2D eigenvalue weighted by atomic mass is 35.5. The molecule has 1 aliphatic carbocycles. The normalized spacial score (nSPS) is 16.4. The van der Waals surface area contributed by atoms with Crippen molar-refractivity contribution in [2.75, 3.05) is 11.9 Å². The summed E-state index contributed by atoms with van der Waals surface area (Å²) in [6.07, 6.45) is 4.06. The van der Waals surface area contributed by atoms with Gasteiger partial charge >= 0.3 is 0 Å². The van der Waals surface area contributed by atoms with Gasteiger partial charge in [0.1, 0.15) is 5.82 Å². The molecule has 1 heterocycles. The van der Waals surface area contributed by atoms with Gasteiger partial charge in [0.2, 0.25) is 0 Å². The number of hydrogen-bond donors (Lipinski definition) is 1. The lowest BCUT2D eigenvalue weighted by Gasteiger charge is -2.25. The maximum absolute atomic E-state index is 6.02. The van der Waals surface area contributed by atoms with Crippen LogP contribution in [0.15, 0.2) is 12.1 Å². The number of anilines is 1. The monoisotopic (exact) mass is 210 g/mol. The van der Waals surface area contributed by atoms with E-state index in [2.05, 4.69) is 10.3 Å². The first-order chi connectivity index (χ1) is 6.75. The Morgan fingerprint density at radius 1 is 1.50 bits per heavy atom. The second-order valence-electron chi connectivity index (χ2n) is 3.96. The second-order valence-corrected chi connectivity index (χ2v) is 4.37. The van der Waals surface area contributed by atoms with Crippen LogP contribution < -0.4 is 5.32 Å². The van der Waals surface area contributed by atoms with Crippen molar-refractivity contribution in [3.8, 4) is 0 Å². The van der Waals surface area contributed by atoms with Crippen molar-refractivity contribution in [2.24, 2.45) is 5.92 Å². The molecule has 2 rings (SSSR count). The average Bonchev–Trinajstić information content (AvgIpc) is 2.08. The third-order valence-corrected chi connectivity index (χ3v) is 3.07. The van der Waals surface area contributed by atoms with Gasteiger partial charge in [-0.3, -0.25) is 0 Å². The number of rotatable bonds is 3. The Balaban J connectivity index is 1.96. The Hall–Kier alpha value is -0.760. The van der Waals surface area contributed by atoms with Crippen LogP contribution in [-0.2, 0) is 0 Å². The van der Waals surface area contributed by atoms with Crippen LogP contribution in [0, 0.1) is 12.8 Å². The van der Waals surface area contributed by atoms with Gasteiger partial charge in [-0.25, -0.2) is 4.98 Å². The van der Waals surface area contributed by atoms with Crippen molar-refractivity contribution < 1.29 is 0 Å². The van der Waals surface area contributed by atoms with E-state index in [-0.39, 0.29) is 0 Å². The Bertz CT molecular complexity index is 321. The second kappa shape index (κ2) is 4.18. The maximum atomic E-state index is 6.02. The Morgan fingerprint density at radius 3 is 2.93 bits per heavy atom. The first-order valence-electron chi connectivity index (χ1n) is 5.13. The lowest BCUT2D eigenvalue weighted by Crippen LogP contribution is -2.21. The first-order valence-corrected chi connectivity index (χ1v) is 5.50. The van der Waals surface area contributed by atoms with E-state index in [4.69, 9.17) is 11.6 Å².